The number of anilines is 3. The first-order chi connectivity index (χ1) is 12.2. The summed E-state index contributed by atoms with van der Waals surface area (Å²) in [5.41, 5.74) is 1.14. The highest BCUT2D eigenvalue weighted by molar-refractivity contribution is 5.96. The number of esters is 1. The minimum Gasteiger partial charge on any atom is -0.462 e. The van der Waals surface area contributed by atoms with E-state index >= 15 is 0 Å². The molecule has 1 fully saturated rings. The molecule has 132 valence electrons. The van der Waals surface area contributed by atoms with E-state index in [1.807, 2.05) is 31.2 Å². The molecule has 25 heavy (non-hydrogen) atoms. The Kier molecular flexibility index (Phi) is 5.45. The van der Waals surface area contributed by atoms with Crippen molar-refractivity contribution >= 4 is 23.3 Å². The zero-order valence-corrected chi connectivity index (χ0v) is 14.5. The molecule has 0 amide bonds. The van der Waals surface area contributed by atoms with E-state index in [9.17, 15) is 4.79 Å². The summed E-state index contributed by atoms with van der Waals surface area (Å²) in [5, 5.41) is 3.22. The summed E-state index contributed by atoms with van der Waals surface area (Å²) in [6.45, 7) is 6.96. The van der Waals surface area contributed by atoms with Crippen molar-refractivity contribution < 1.29 is 14.3 Å². The lowest BCUT2D eigenvalue weighted by molar-refractivity contribution is 0.0527. The van der Waals surface area contributed by atoms with Crippen LogP contribution in [0.5, 0.6) is 0 Å². The fraction of sp³-hybridized carbons (Fsp3) is 0.389. The minimum absolute atomic E-state index is 0.334. The lowest BCUT2D eigenvalue weighted by Crippen LogP contribution is -2.36. The Labute approximate surface area is 147 Å². The van der Waals surface area contributed by atoms with Gasteiger partial charge in [0.1, 0.15) is 17.5 Å². The van der Waals surface area contributed by atoms with Gasteiger partial charge in [0, 0.05) is 19.2 Å². The van der Waals surface area contributed by atoms with Crippen LogP contribution in [0.4, 0.5) is 17.3 Å². The van der Waals surface area contributed by atoms with Crippen LogP contribution < -0.4 is 10.2 Å². The topological polar surface area (TPSA) is 76.6 Å². The average Bonchev–Trinajstić information content (AvgIpc) is 2.62. The maximum Gasteiger partial charge on any atom is 0.340 e. The second kappa shape index (κ2) is 7.94. The first kappa shape index (κ1) is 17.2. The van der Waals surface area contributed by atoms with Gasteiger partial charge in [-0.3, -0.25) is 0 Å². The third-order valence-electron chi connectivity index (χ3n) is 3.84. The SMILES string of the molecule is CCOC(=O)c1ccccc1Nc1cc(N2CCOCC2)nc(C)n1. The van der Waals surface area contributed by atoms with Crippen LogP contribution in [0.2, 0.25) is 0 Å². The standard InChI is InChI=1S/C18H22N4O3/c1-3-25-18(23)14-6-4-5-7-15(14)21-16-12-17(20-13(2)19-16)22-8-10-24-11-9-22/h4-7,12H,3,8-11H2,1-2H3,(H,19,20,21). The molecule has 0 spiro atoms. The first-order valence-corrected chi connectivity index (χ1v) is 8.39. The van der Waals surface area contributed by atoms with Gasteiger partial charge in [-0.05, 0) is 26.0 Å². The zero-order valence-electron chi connectivity index (χ0n) is 14.5. The smallest absolute Gasteiger partial charge is 0.340 e. The Morgan fingerprint density at radius 1 is 1.28 bits per heavy atom. The number of rotatable bonds is 5. The van der Waals surface area contributed by atoms with Crippen molar-refractivity contribution in [3.05, 3.63) is 41.7 Å². The molecule has 0 radical (unpaired) electrons. The monoisotopic (exact) mass is 342 g/mol. The molecule has 1 aromatic heterocycles. The van der Waals surface area contributed by atoms with Crippen LogP contribution in [0.15, 0.2) is 30.3 Å². The van der Waals surface area contributed by atoms with E-state index in [1.54, 1.807) is 13.0 Å². The molecule has 1 saturated heterocycles. The molecule has 3 rings (SSSR count). The Hall–Kier alpha value is -2.67. The molecule has 0 atom stereocenters. The van der Waals surface area contributed by atoms with Crippen molar-refractivity contribution in [2.24, 2.45) is 0 Å². The number of benzene rings is 1. The lowest BCUT2D eigenvalue weighted by atomic mass is 10.2. The molecule has 0 unspecified atom stereocenters. The number of nitrogens with zero attached hydrogens (tertiary/aromatic N) is 3. The maximum absolute atomic E-state index is 12.1. The highest BCUT2D eigenvalue weighted by Crippen LogP contribution is 2.23. The Balaban J connectivity index is 1.86. The van der Waals surface area contributed by atoms with E-state index in [0.29, 0.717) is 42.7 Å². The fourth-order valence-electron chi connectivity index (χ4n) is 2.69. The number of nitrogens with one attached hydrogen (secondary N) is 1. The van der Waals surface area contributed by atoms with E-state index in [0.717, 1.165) is 18.9 Å². The van der Waals surface area contributed by atoms with Gasteiger partial charge in [-0.25, -0.2) is 14.8 Å². The van der Waals surface area contributed by atoms with Crippen LogP contribution in [0, 0.1) is 6.92 Å². The molecule has 0 bridgehead atoms. The largest absolute Gasteiger partial charge is 0.462 e. The summed E-state index contributed by atoms with van der Waals surface area (Å²) in [4.78, 5) is 23.2. The second-order valence-electron chi connectivity index (χ2n) is 5.65. The van der Waals surface area contributed by atoms with Crippen molar-refractivity contribution in [3.8, 4) is 0 Å². The van der Waals surface area contributed by atoms with Gasteiger partial charge in [-0.15, -0.1) is 0 Å². The Morgan fingerprint density at radius 3 is 2.80 bits per heavy atom. The van der Waals surface area contributed by atoms with Crippen molar-refractivity contribution in [2.45, 2.75) is 13.8 Å². The minimum atomic E-state index is -0.357. The zero-order chi connectivity index (χ0) is 17.6. The molecule has 0 aliphatic carbocycles. The molecule has 1 aliphatic heterocycles. The van der Waals surface area contributed by atoms with Crippen molar-refractivity contribution in [1.29, 1.82) is 0 Å². The van der Waals surface area contributed by atoms with Crippen LogP contribution in [-0.2, 0) is 9.47 Å². The number of aromatic nitrogens is 2. The summed E-state index contributed by atoms with van der Waals surface area (Å²) in [7, 11) is 0. The number of hydrogen-bond acceptors (Lipinski definition) is 7. The highest BCUT2D eigenvalue weighted by atomic mass is 16.5. The lowest BCUT2D eigenvalue weighted by Gasteiger charge is -2.28. The van der Waals surface area contributed by atoms with Crippen LogP contribution in [0.1, 0.15) is 23.1 Å². The van der Waals surface area contributed by atoms with Crippen molar-refractivity contribution in [1.82, 2.24) is 9.97 Å². The summed E-state index contributed by atoms with van der Waals surface area (Å²) < 4.78 is 10.5. The molecule has 2 heterocycles. The number of aryl methyl sites for hydroxylation is 1. The predicted octanol–water partition coefficient (Wildman–Crippen LogP) is 2.54. The van der Waals surface area contributed by atoms with Crippen LogP contribution in [-0.4, -0.2) is 48.8 Å². The molecule has 0 saturated carbocycles. The third-order valence-corrected chi connectivity index (χ3v) is 3.84. The third kappa shape index (κ3) is 4.24. The summed E-state index contributed by atoms with van der Waals surface area (Å²) in [6, 6.07) is 9.12. The van der Waals surface area contributed by atoms with Crippen LogP contribution in [0.3, 0.4) is 0 Å². The molecule has 1 aromatic carbocycles. The molecule has 7 heteroatoms. The van der Waals surface area contributed by atoms with E-state index in [1.165, 1.54) is 0 Å². The van der Waals surface area contributed by atoms with Gasteiger partial charge < -0.3 is 19.7 Å². The Bertz CT molecular complexity index is 745. The Morgan fingerprint density at radius 2 is 2.04 bits per heavy atom. The van der Waals surface area contributed by atoms with Gasteiger partial charge in [-0.2, -0.15) is 0 Å². The van der Waals surface area contributed by atoms with Gasteiger partial charge >= 0.3 is 5.97 Å². The number of carbonyl (C=O) groups excluding carboxylic acids is 1. The fourth-order valence-corrected chi connectivity index (χ4v) is 2.69. The van der Waals surface area contributed by atoms with E-state index in [4.69, 9.17) is 9.47 Å². The maximum atomic E-state index is 12.1. The van der Waals surface area contributed by atoms with Gasteiger partial charge in [0.15, 0.2) is 0 Å². The van der Waals surface area contributed by atoms with E-state index in [2.05, 4.69) is 20.2 Å². The molecular formula is C18H22N4O3. The summed E-state index contributed by atoms with van der Waals surface area (Å²) in [6.07, 6.45) is 0. The molecule has 1 aliphatic rings. The van der Waals surface area contributed by atoms with Gasteiger partial charge in [0.2, 0.25) is 0 Å². The highest BCUT2D eigenvalue weighted by Gasteiger charge is 2.16. The quantitative estimate of drug-likeness (QED) is 0.837. The second-order valence-corrected chi connectivity index (χ2v) is 5.65. The van der Waals surface area contributed by atoms with Crippen LogP contribution >= 0.6 is 0 Å². The number of morpholine rings is 1. The predicted molar refractivity (Wildman–Crippen MR) is 95.5 cm³/mol. The van der Waals surface area contributed by atoms with Crippen molar-refractivity contribution in [2.75, 3.05) is 43.1 Å². The number of para-hydroxylation sites is 1. The van der Waals surface area contributed by atoms with Gasteiger partial charge in [-0.1, -0.05) is 12.1 Å². The van der Waals surface area contributed by atoms with Gasteiger partial charge in [0.25, 0.3) is 0 Å². The molecule has 2 aromatic rings. The number of ether oxygens (including phenoxy) is 2. The first-order valence-electron chi connectivity index (χ1n) is 8.39. The van der Waals surface area contributed by atoms with E-state index < -0.39 is 0 Å². The molecule has 1 N–H and O–H groups in total. The van der Waals surface area contributed by atoms with Gasteiger partial charge in [0.05, 0.1) is 31.1 Å². The summed E-state index contributed by atoms with van der Waals surface area (Å²) >= 11 is 0. The summed E-state index contributed by atoms with van der Waals surface area (Å²) in [5.74, 6) is 1.81. The van der Waals surface area contributed by atoms with Crippen LogP contribution in [0.25, 0.3) is 0 Å². The van der Waals surface area contributed by atoms with E-state index in [-0.39, 0.29) is 5.97 Å². The average molecular weight is 342 g/mol. The normalized spacial score (nSPS) is 14.2. The van der Waals surface area contributed by atoms with Crippen molar-refractivity contribution in [3.63, 3.8) is 0 Å². The molecular weight excluding hydrogens is 320 g/mol. The molecule has 7 nitrogen and oxygen atoms in total. The number of carbonyl (C=O) groups is 1. The number of hydrogen-bond donors (Lipinski definition) is 1.